The highest BCUT2D eigenvalue weighted by atomic mass is 16.1. The summed E-state index contributed by atoms with van der Waals surface area (Å²) in [6, 6.07) is 9.57. The standard InChI is InChI=1S/C16H20N4O/c17-16(9-5-2-6-10-16)11-15(21)14-12-18-19-20(14)13-7-3-1-4-8-13/h1,3-4,7-8,12H,2,5-6,9-11,17H2. The molecule has 0 aliphatic heterocycles. The van der Waals surface area contributed by atoms with Crippen LogP contribution in [0, 0.1) is 0 Å². The zero-order valence-corrected chi connectivity index (χ0v) is 12.0. The molecule has 1 aromatic heterocycles. The molecule has 21 heavy (non-hydrogen) atoms. The number of aromatic nitrogens is 3. The van der Waals surface area contributed by atoms with Crippen LogP contribution in [0.4, 0.5) is 0 Å². The zero-order chi connectivity index (χ0) is 14.7. The first-order chi connectivity index (χ1) is 10.2. The van der Waals surface area contributed by atoms with Crippen LogP contribution in [0.2, 0.25) is 0 Å². The molecule has 1 aromatic carbocycles. The van der Waals surface area contributed by atoms with Gasteiger partial charge in [0, 0.05) is 12.0 Å². The second-order valence-corrected chi connectivity index (χ2v) is 5.89. The van der Waals surface area contributed by atoms with Crippen LogP contribution in [-0.4, -0.2) is 26.3 Å². The van der Waals surface area contributed by atoms with E-state index in [0.717, 1.165) is 31.4 Å². The normalized spacial score (nSPS) is 17.6. The van der Waals surface area contributed by atoms with Crippen LogP contribution in [0.25, 0.3) is 5.69 Å². The van der Waals surface area contributed by atoms with Crippen molar-refractivity contribution in [2.45, 2.75) is 44.1 Å². The van der Waals surface area contributed by atoms with Crippen LogP contribution in [0.5, 0.6) is 0 Å². The topological polar surface area (TPSA) is 73.8 Å². The molecule has 0 unspecified atom stereocenters. The van der Waals surface area contributed by atoms with E-state index >= 15 is 0 Å². The van der Waals surface area contributed by atoms with Gasteiger partial charge < -0.3 is 5.73 Å². The third-order valence-corrected chi connectivity index (χ3v) is 4.20. The van der Waals surface area contributed by atoms with Gasteiger partial charge in [-0.3, -0.25) is 4.79 Å². The lowest BCUT2D eigenvalue weighted by Gasteiger charge is -2.32. The number of para-hydroxylation sites is 1. The van der Waals surface area contributed by atoms with Crippen molar-refractivity contribution in [3.8, 4) is 5.69 Å². The van der Waals surface area contributed by atoms with Crippen molar-refractivity contribution < 1.29 is 4.79 Å². The number of nitrogens with two attached hydrogens (primary N) is 1. The number of Topliss-reactive ketones (excluding diaryl/α,β-unsaturated/α-hetero) is 1. The van der Waals surface area contributed by atoms with Crippen LogP contribution >= 0.6 is 0 Å². The maximum atomic E-state index is 12.6. The summed E-state index contributed by atoms with van der Waals surface area (Å²) >= 11 is 0. The maximum Gasteiger partial charge on any atom is 0.184 e. The molecule has 1 heterocycles. The van der Waals surface area contributed by atoms with Gasteiger partial charge in [-0.15, -0.1) is 5.10 Å². The van der Waals surface area contributed by atoms with Crippen molar-refractivity contribution in [2.24, 2.45) is 5.73 Å². The van der Waals surface area contributed by atoms with Crippen LogP contribution in [0.1, 0.15) is 49.0 Å². The van der Waals surface area contributed by atoms with Crippen molar-refractivity contribution in [3.05, 3.63) is 42.2 Å². The van der Waals surface area contributed by atoms with Crippen LogP contribution in [-0.2, 0) is 0 Å². The highest BCUT2D eigenvalue weighted by Crippen LogP contribution is 2.29. The number of benzene rings is 1. The minimum atomic E-state index is -0.360. The highest BCUT2D eigenvalue weighted by Gasteiger charge is 2.31. The van der Waals surface area contributed by atoms with Gasteiger partial charge in [-0.25, -0.2) is 4.68 Å². The second-order valence-electron chi connectivity index (χ2n) is 5.89. The van der Waals surface area contributed by atoms with Gasteiger partial charge in [0.1, 0.15) is 5.69 Å². The first-order valence-corrected chi connectivity index (χ1v) is 7.46. The Hall–Kier alpha value is -2.01. The first-order valence-electron chi connectivity index (χ1n) is 7.46. The predicted octanol–water partition coefficient (Wildman–Crippen LogP) is 2.50. The summed E-state index contributed by atoms with van der Waals surface area (Å²) in [6.45, 7) is 0. The zero-order valence-electron chi connectivity index (χ0n) is 12.0. The Labute approximate surface area is 124 Å². The van der Waals surface area contributed by atoms with E-state index < -0.39 is 0 Å². The van der Waals surface area contributed by atoms with Gasteiger partial charge in [0.25, 0.3) is 0 Å². The molecule has 0 amide bonds. The summed E-state index contributed by atoms with van der Waals surface area (Å²) in [6.07, 6.45) is 7.18. The van der Waals surface area contributed by atoms with Gasteiger partial charge in [0.2, 0.25) is 0 Å². The Morgan fingerprint density at radius 2 is 1.90 bits per heavy atom. The molecule has 3 rings (SSSR count). The fourth-order valence-corrected chi connectivity index (χ4v) is 3.03. The van der Waals surface area contributed by atoms with Gasteiger partial charge in [-0.2, -0.15) is 0 Å². The molecule has 5 nitrogen and oxygen atoms in total. The van der Waals surface area contributed by atoms with Crippen LogP contribution in [0.15, 0.2) is 36.5 Å². The number of rotatable bonds is 4. The molecule has 0 radical (unpaired) electrons. The molecule has 0 bridgehead atoms. The number of nitrogens with zero attached hydrogens (tertiary/aromatic N) is 3. The monoisotopic (exact) mass is 284 g/mol. The quantitative estimate of drug-likeness (QED) is 0.875. The summed E-state index contributed by atoms with van der Waals surface area (Å²) in [5, 5.41) is 7.92. The first kappa shape index (κ1) is 13.9. The van der Waals surface area contributed by atoms with E-state index in [0.29, 0.717) is 12.1 Å². The summed E-state index contributed by atoms with van der Waals surface area (Å²) in [7, 11) is 0. The largest absolute Gasteiger partial charge is 0.325 e. The Bertz CT molecular complexity index is 614. The van der Waals surface area contributed by atoms with Gasteiger partial charge in [0.05, 0.1) is 11.9 Å². The molecule has 110 valence electrons. The molecule has 0 saturated heterocycles. The maximum absolute atomic E-state index is 12.6. The Kier molecular flexibility index (Phi) is 3.84. The van der Waals surface area contributed by atoms with Crippen LogP contribution in [0.3, 0.4) is 0 Å². The molecule has 1 aliphatic rings. The molecule has 0 atom stereocenters. The van der Waals surface area contributed by atoms with Gasteiger partial charge in [-0.05, 0) is 25.0 Å². The van der Waals surface area contributed by atoms with E-state index in [1.54, 1.807) is 4.68 Å². The fraction of sp³-hybridized carbons (Fsp3) is 0.438. The van der Waals surface area contributed by atoms with E-state index in [1.807, 2.05) is 30.3 Å². The molecular weight excluding hydrogens is 264 g/mol. The summed E-state index contributed by atoms with van der Waals surface area (Å²) in [4.78, 5) is 12.6. The molecule has 1 saturated carbocycles. The lowest BCUT2D eigenvalue weighted by molar-refractivity contribution is 0.0927. The smallest absolute Gasteiger partial charge is 0.184 e. The third kappa shape index (κ3) is 3.03. The van der Waals surface area contributed by atoms with Crippen molar-refractivity contribution in [1.29, 1.82) is 0 Å². The van der Waals surface area contributed by atoms with E-state index in [4.69, 9.17) is 5.73 Å². The molecule has 1 fully saturated rings. The van der Waals surface area contributed by atoms with Crippen molar-refractivity contribution in [1.82, 2.24) is 15.0 Å². The number of hydrogen-bond donors (Lipinski definition) is 1. The molecule has 5 heteroatoms. The Morgan fingerprint density at radius 1 is 1.19 bits per heavy atom. The van der Waals surface area contributed by atoms with E-state index in [9.17, 15) is 4.79 Å². The van der Waals surface area contributed by atoms with Gasteiger partial charge in [0.15, 0.2) is 5.78 Å². The fourth-order valence-electron chi connectivity index (χ4n) is 3.03. The molecule has 1 aliphatic carbocycles. The highest BCUT2D eigenvalue weighted by molar-refractivity contribution is 5.95. The Balaban J connectivity index is 1.81. The lowest BCUT2D eigenvalue weighted by atomic mass is 9.79. The van der Waals surface area contributed by atoms with Crippen molar-refractivity contribution >= 4 is 5.78 Å². The van der Waals surface area contributed by atoms with Crippen LogP contribution < -0.4 is 5.73 Å². The lowest BCUT2D eigenvalue weighted by Crippen LogP contribution is -2.43. The minimum absolute atomic E-state index is 0.0215. The molecular formula is C16H20N4O. The number of ketones is 1. The minimum Gasteiger partial charge on any atom is -0.325 e. The van der Waals surface area contributed by atoms with E-state index in [1.165, 1.54) is 12.6 Å². The average Bonchev–Trinajstić information content (AvgIpc) is 2.98. The average molecular weight is 284 g/mol. The third-order valence-electron chi connectivity index (χ3n) is 4.20. The summed E-state index contributed by atoms with van der Waals surface area (Å²) < 4.78 is 1.59. The SMILES string of the molecule is NC1(CC(=O)c2cnnn2-c2ccccc2)CCCCC1. The number of carbonyl (C=O) groups is 1. The number of hydrogen-bond acceptors (Lipinski definition) is 4. The van der Waals surface area contributed by atoms with E-state index in [2.05, 4.69) is 10.3 Å². The summed E-state index contributed by atoms with van der Waals surface area (Å²) in [5.74, 6) is 0.0215. The molecule has 2 N–H and O–H groups in total. The van der Waals surface area contributed by atoms with Crippen molar-refractivity contribution in [2.75, 3.05) is 0 Å². The Morgan fingerprint density at radius 3 is 2.62 bits per heavy atom. The van der Waals surface area contributed by atoms with Gasteiger partial charge >= 0.3 is 0 Å². The van der Waals surface area contributed by atoms with Crippen molar-refractivity contribution in [3.63, 3.8) is 0 Å². The number of carbonyl (C=O) groups excluding carboxylic acids is 1. The summed E-state index contributed by atoms with van der Waals surface area (Å²) in [5.41, 5.74) is 7.38. The molecule has 2 aromatic rings. The van der Waals surface area contributed by atoms with E-state index in [-0.39, 0.29) is 11.3 Å². The molecule has 0 spiro atoms. The second kappa shape index (κ2) is 5.77. The van der Waals surface area contributed by atoms with Gasteiger partial charge in [-0.1, -0.05) is 42.7 Å². The predicted molar refractivity (Wildman–Crippen MR) is 80.3 cm³/mol.